The highest BCUT2D eigenvalue weighted by molar-refractivity contribution is 5.94. The first-order valence-corrected chi connectivity index (χ1v) is 9.01. The lowest BCUT2D eigenvalue weighted by atomic mass is 9.90. The minimum atomic E-state index is -0.0362. The lowest BCUT2D eigenvalue weighted by Gasteiger charge is -2.35. The Labute approximate surface area is 144 Å². The summed E-state index contributed by atoms with van der Waals surface area (Å²) in [5.74, 6) is 0.0901. The predicted molar refractivity (Wildman–Crippen MR) is 94.2 cm³/mol. The molecular formula is C19H27N3O2. The molecule has 5 nitrogen and oxygen atoms in total. The van der Waals surface area contributed by atoms with E-state index in [0.717, 1.165) is 18.4 Å². The van der Waals surface area contributed by atoms with Gasteiger partial charge in [0.25, 0.3) is 5.91 Å². The number of piperazine rings is 1. The van der Waals surface area contributed by atoms with Crippen LogP contribution in [-0.4, -0.2) is 54.0 Å². The Morgan fingerprint density at radius 1 is 0.958 bits per heavy atom. The molecule has 1 aliphatic carbocycles. The molecule has 5 heteroatoms. The van der Waals surface area contributed by atoms with Crippen molar-refractivity contribution in [1.82, 2.24) is 15.1 Å². The second kappa shape index (κ2) is 7.24. The highest BCUT2D eigenvalue weighted by atomic mass is 16.2. The zero-order valence-corrected chi connectivity index (χ0v) is 14.7. The number of nitrogens with one attached hydrogen (secondary N) is 1. The van der Waals surface area contributed by atoms with Gasteiger partial charge in [0, 0.05) is 37.8 Å². The van der Waals surface area contributed by atoms with Crippen molar-refractivity contribution in [2.24, 2.45) is 0 Å². The maximum Gasteiger partial charge on any atom is 0.317 e. The van der Waals surface area contributed by atoms with Crippen LogP contribution < -0.4 is 5.32 Å². The van der Waals surface area contributed by atoms with Crippen molar-refractivity contribution in [3.8, 4) is 0 Å². The molecule has 0 spiro atoms. The number of urea groups is 1. The van der Waals surface area contributed by atoms with Crippen molar-refractivity contribution in [1.29, 1.82) is 0 Å². The van der Waals surface area contributed by atoms with Gasteiger partial charge in [0.1, 0.15) is 0 Å². The zero-order chi connectivity index (χ0) is 17.1. The maximum absolute atomic E-state index is 12.7. The summed E-state index contributed by atoms with van der Waals surface area (Å²) in [6.45, 7) is 6.29. The summed E-state index contributed by atoms with van der Waals surface area (Å²) in [4.78, 5) is 28.4. The van der Waals surface area contributed by atoms with Gasteiger partial charge in [-0.15, -0.1) is 0 Å². The van der Waals surface area contributed by atoms with E-state index < -0.39 is 0 Å². The summed E-state index contributed by atoms with van der Waals surface area (Å²) >= 11 is 0. The summed E-state index contributed by atoms with van der Waals surface area (Å²) in [7, 11) is 0. The number of hydrogen-bond acceptors (Lipinski definition) is 2. The molecule has 0 radical (unpaired) electrons. The Balaban J connectivity index is 1.60. The number of aryl methyl sites for hydroxylation is 2. The molecule has 0 unspecified atom stereocenters. The number of nitrogens with zero attached hydrogens (tertiary/aromatic N) is 2. The molecular weight excluding hydrogens is 302 g/mol. The molecule has 130 valence electrons. The van der Waals surface area contributed by atoms with E-state index >= 15 is 0 Å². The Kier molecular flexibility index (Phi) is 5.07. The summed E-state index contributed by atoms with van der Waals surface area (Å²) in [5.41, 5.74) is 3.52. The third-order valence-electron chi connectivity index (χ3n) is 4.86. The summed E-state index contributed by atoms with van der Waals surface area (Å²) in [5, 5.41) is 2.91. The molecule has 0 bridgehead atoms. The third kappa shape index (κ3) is 3.71. The lowest BCUT2D eigenvalue weighted by Crippen LogP contribution is -2.54. The molecule has 1 aliphatic heterocycles. The van der Waals surface area contributed by atoms with E-state index in [0.29, 0.717) is 26.2 Å². The molecule has 24 heavy (non-hydrogen) atoms. The largest absolute Gasteiger partial charge is 0.336 e. The van der Waals surface area contributed by atoms with Crippen LogP contribution in [0.3, 0.4) is 0 Å². The monoisotopic (exact) mass is 329 g/mol. The molecule has 1 aromatic carbocycles. The smallest absolute Gasteiger partial charge is 0.317 e. The zero-order valence-electron chi connectivity index (χ0n) is 14.7. The average molecular weight is 329 g/mol. The maximum atomic E-state index is 12.7. The standard InChI is InChI=1S/C19H27N3O2/c1-14(2)20-19(24)22-11-9-21(10-12-22)18(23)17-8-7-15-5-3-4-6-16(15)13-17/h7-8,13-14H,3-6,9-12H2,1-2H3,(H,20,24). The molecule has 0 saturated carbocycles. The van der Waals surface area contributed by atoms with Gasteiger partial charge in [-0.25, -0.2) is 4.79 Å². The minimum absolute atomic E-state index is 0.0362. The molecule has 1 N–H and O–H groups in total. The van der Waals surface area contributed by atoms with E-state index in [9.17, 15) is 9.59 Å². The highest BCUT2D eigenvalue weighted by Crippen LogP contribution is 2.23. The molecule has 3 amide bonds. The Morgan fingerprint density at radius 3 is 2.25 bits per heavy atom. The first-order chi connectivity index (χ1) is 11.5. The Morgan fingerprint density at radius 2 is 1.58 bits per heavy atom. The summed E-state index contributed by atoms with van der Waals surface area (Å²) in [6.07, 6.45) is 4.68. The van der Waals surface area contributed by atoms with Crippen LogP contribution in [-0.2, 0) is 12.8 Å². The Hall–Kier alpha value is -2.04. The molecule has 1 fully saturated rings. The summed E-state index contributed by atoms with van der Waals surface area (Å²) in [6, 6.07) is 6.26. The first kappa shape index (κ1) is 16.8. The molecule has 1 aromatic rings. The van der Waals surface area contributed by atoms with Crippen LogP contribution >= 0.6 is 0 Å². The number of benzene rings is 1. The quantitative estimate of drug-likeness (QED) is 0.906. The third-order valence-corrected chi connectivity index (χ3v) is 4.86. The number of fused-ring (bicyclic) bond motifs is 1. The van der Waals surface area contributed by atoms with Crippen molar-refractivity contribution >= 4 is 11.9 Å². The number of amides is 3. The fourth-order valence-corrected chi connectivity index (χ4v) is 3.50. The molecule has 3 rings (SSSR count). The molecule has 1 saturated heterocycles. The second-order valence-corrected chi connectivity index (χ2v) is 7.07. The normalized spacial score (nSPS) is 17.6. The van der Waals surface area contributed by atoms with Gasteiger partial charge >= 0.3 is 6.03 Å². The molecule has 1 heterocycles. The van der Waals surface area contributed by atoms with Crippen LogP contribution in [0.4, 0.5) is 4.79 Å². The summed E-state index contributed by atoms with van der Waals surface area (Å²) < 4.78 is 0. The van der Waals surface area contributed by atoms with E-state index in [1.807, 2.05) is 24.8 Å². The van der Waals surface area contributed by atoms with Gasteiger partial charge < -0.3 is 15.1 Å². The fourth-order valence-electron chi connectivity index (χ4n) is 3.50. The average Bonchev–Trinajstić information content (AvgIpc) is 2.60. The number of carbonyl (C=O) groups is 2. The van der Waals surface area contributed by atoms with Crippen LogP contribution in [0, 0.1) is 0 Å². The van der Waals surface area contributed by atoms with Crippen molar-refractivity contribution < 1.29 is 9.59 Å². The minimum Gasteiger partial charge on any atom is -0.336 e. The van der Waals surface area contributed by atoms with Gasteiger partial charge in [-0.05, 0) is 62.8 Å². The van der Waals surface area contributed by atoms with Crippen molar-refractivity contribution in [3.63, 3.8) is 0 Å². The Bertz CT molecular complexity index is 619. The van der Waals surface area contributed by atoms with Gasteiger partial charge in [0.05, 0.1) is 0 Å². The van der Waals surface area contributed by atoms with E-state index in [1.165, 1.54) is 24.0 Å². The SMILES string of the molecule is CC(C)NC(=O)N1CCN(C(=O)c2ccc3c(c2)CCCC3)CC1. The number of rotatable bonds is 2. The number of hydrogen-bond donors (Lipinski definition) is 1. The predicted octanol–water partition coefficient (Wildman–Crippen LogP) is 2.44. The molecule has 0 aromatic heterocycles. The van der Waals surface area contributed by atoms with Crippen LogP contribution in [0.5, 0.6) is 0 Å². The van der Waals surface area contributed by atoms with Gasteiger partial charge in [0.2, 0.25) is 0 Å². The van der Waals surface area contributed by atoms with Gasteiger partial charge in [0.15, 0.2) is 0 Å². The first-order valence-electron chi connectivity index (χ1n) is 9.01. The van der Waals surface area contributed by atoms with Crippen LogP contribution in [0.2, 0.25) is 0 Å². The second-order valence-electron chi connectivity index (χ2n) is 7.07. The fraction of sp³-hybridized carbons (Fsp3) is 0.579. The van der Waals surface area contributed by atoms with Gasteiger partial charge in [-0.2, -0.15) is 0 Å². The topological polar surface area (TPSA) is 52.7 Å². The van der Waals surface area contributed by atoms with E-state index in [-0.39, 0.29) is 18.0 Å². The highest BCUT2D eigenvalue weighted by Gasteiger charge is 2.25. The van der Waals surface area contributed by atoms with Crippen LogP contribution in [0.25, 0.3) is 0 Å². The van der Waals surface area contributed by atoms with Crippen LogP contribution in [0.1, 0.15) is 48.2 Å². The van der Waals surface area contributed by atoms with E-state index in [2.05, 4.69) is 17.4 Å². The molecule has 2 aliphatic rings. The lowest BCUT2D eigenvalue weighted by molar-refractivity contribution is 0.0664. The van der Waals surface area contributed by atoms with Crippen LogP contribution in [0.15, 0.2) is 18.2 Å². The van der Waals surface area contributed by atoms with Gasteiger partial charge in [-0.1, -0.05) is 6.07 Å². The number of carbonyl (C=O) groups excluding carboxylic acids is 2. The van der Waals surface area contributed by atoms with E-state index in [4.69, 9.17) is 0 Å². The van der Waals surface area contributed by atoms with E-state index in [1.54, 1.807) is 4.90 Å². The molecule has 0 atom stereocenters. The van der Waals surface area contributed by atoms with Crippen molar-refractivity contribution in [3.05, 3.63) is 34.9 Å². The van der Waals surface area contributed by atoms with Crippen molar-refractivity contribution in [2.75, 3.05) is 26.2 Å². The van der Waals surface area contributed by atoms with Gasteiger partial charge in [-0.3, -0.25) is 4.79 Å². The van der Waals surface area contributed by atoms with Crippen molar-refractivity contribution in [2.45, 2.75) is 45.6 Å².